The minimum Gasteiger partial charge on any atom is -0.295 e. The maximum atomic E-state index is 13.8. The van der Waals surface area contributed by atoms with Crippen LogP contribution in [-0.4, -0.2) is 28.6 Å². The number of aryl methyl sites for hydroxylation is 1. The lowest BCUT2D eigenvalue weighted by molar-refractivity contribution is -0.135. The van der Waals surface area contributed by atoms with E-state index >= 15 is 0 Å². The molecule has 0 bridgehead atoms. The van der Waals surface area contributed by atoms with E-state index in [-0.39, 0.29) is 17.9 Å². The van der Waals surface area contributed by atoms with E-state index in [2.05, 4.69) is 11.4 Å². The predicted molar refractivity (Wildman–Crippen MR) is 143 cm³/mol. The SMILES string of the molecule is Cc1nc2cccc(BC3CCCCCCCCCCCCC3)c2c(=O)n1[C@H]1CCC(=O)NC1=O. The molecule has 2 fully saturated rings. The molecule has 0 spiro atoms. The van der Waals surface area contributed by atoms with Gasteiger partial charge in [0, 0.05) is 6.42 Å². The molecule has 7 heteroatoms. The number of aromatic nitrogens is 2. The summed E-state index contributed by atoms with van der Waals surface area (Å²) < 4.78 is 1.51. The second-order valence-corrected chi connectivity index (χ2v) is 10.6. The minimum atomic E-state index is -0.681. The van der Waals surface area contributed by atoms with E-state index in [0.29, 0.717) is 29.0 Å². The zero-order valence-electron chi connectivity index (χ0n) is 21.3. The van der Waals surface area contributed by atoms with Crippen LogP contribution in [0.15, 0.2) is 23.0 Å². The number of hydrogen-bond acceptors (Lipinski definition) is 4. The van der Waals surface area contributed by atoms with Gasteiger partial charge in [0.1, 0.15) is 11.9 Å². The molecule has 35 heavy (non-hydrogen) atoms. The number of amides is 2. The molecule has 2 aliphatic rings. The van der Waals surface area contributed by atoms with E-state index in [9.17, 15) is 14.4 Å². The van der Waals surface area contributed by atoms with Crippen LogP contribution in [0.2, 0.25) is 5.82 Å². The molecule has 1 saturated heterocycles. The number of fused-ring (bicyclic) bond motifs is 1. The van der Waals surface area contributed by atoms with E-state index in [1.165, 1.54) is 88.0 Å². The maximum absolute atomic E-state index is 13.8. The molecule has 188 valence electrons. The number of hydrogen-bond donors (Lipinski definition) is 1. The van der Waals surface area contributed by atoms with Crippen LogP contribution in [0, 0.1) is 6.92 Å². The number of imide groups is 1. The molecule has 1 aromatic heterocycles. The van der Waals surface area contributed by atoms with Crippen molar-refractivity contribution in [1.29, 1.82) is 0 Å². The summed E-state index contributed by atoms with van der Waals surface area (Å²) >= 11 is 0. The third-order valence-electron chi connectivity index (χ3n) is 7.95. The summed E-state index contributed by atoms with van der Waals surface area (Å²) in [5, 5.41) is 3.03. The molecule has 2 aromatic rings. The first kappa shape index (κ1) is 25.7. The van der Waals surface area contributed by atoms with Gasteiger partial charge < -0.3 is 0 Å². The molecular weight excluding hydrogens is 437 g/mol. The van der Waals surface area contributed by atoms with E-state index in [0.717, 1.165) is 12.7 Å². The van der Waals surface area contributed by atoms with E-state index in [1.807, 2.05) is 12.1 Å². The first-order valence-corrected chi connectivity index (χ1v) is 13.9. The topological polar surface area (TPSA) is 81.1 Å². The Labute approximate surface area is 209 Å². The fourth-order valence-corrected chi connectivity index (χ4v) is 6.00. The highest BCUT2D eigenvalue weighted by molar-refractivity contribution is 6.58. The molecule has 6 nitrogen and oxygen atoms in total. The van der Waals surface area contributed by atoms with Crippen molar-refractivity contribution in [3.05, 3.63) is 34.4 Å². The number of nitrogens with zero attached hydrogens (tertiary/aromatic N) is 2. The van der Waals surface area contributed by atoms with Crippen molar-refractivity contribution in [3.63, 3.8) is 0 Å². The van der Waals surface area contributed by atoms with E-state index in [1.54, 1.807) is 6.92 Å². The van der Waals surface area contributed by atoms with Crippen LogP contribution >= 0.6 is 0 Å². The smallest absolute Gasteiger partial charge is 0.261 e. The lowest BCUT2D eigenvalue weighted by Gasteiger charge is -2.25. The molecule has 1 aliphatic heterocycles. The molecule has 4 rings (SSSR count). The zero-order valence-corrected chi connectivity index (χ0v) is 21.3. The van der Waals surface area contributed by atoms with E-state index < -0.39 is 11.9 Å². The highest BCUT2D eigenvalue weighted by atomic mass is 16.2. The van der Waals surface area contributed by atoms with Crippen LogP contribution in [0.1, 0.15) is 108 Å². The average molecular weight is 477 g/mol. The van der Waals surface area contributed by atoms with E-state index in [4.69, 9.17) is 4.98 Å². The van der Waals surface area contributed by atoms with Crippen LogP contribution in [0.5, 0.6) is 0 Å². The Hall–Kier alpha value is -2.44. The summed E-state index contributed by atoms with van der Waals surface area (Å²) in [6.07, 6.45) is 17.6. The first-order chi connectivity index (χ1) is 17.0. The summed E-state index contributed by atoms with van der Waals surface area (Å²) in [5.41, 5.74) is 1.60. The number of benzene rings is 1. The van der Waals surface area contributed by atoms with Gasteiger partial charge in [-0.15, -0.1) is 0 Å². The summed E-state index contributed by atoms with van der Waals surface area (Å²) in [4.78, 5) is 42.7. The van der Waals surface area contributed by atoms with Gasteiger partial charge >= 0.3 is 0 Å². The van der Waals surface area contributed by atoms with Gasteiger partial charge in [0.2, 0.25) is 11.8 Å². The lowest BCUT2D eigenvalue weighted by Crippen LogP contribution is -2.45. The summed E-state index contributed by atoms with van der Waals surface area (Å²) in [6.45, 7) is 1.77. The van der Waals surface area contributed by atoms with Crippen LogP contribution < -0.4 is 16.3 Å². The van der Waals surface area contributed by atoms with Gasteiger partial charge in [-0.2, -0.15) is 0 Å². The maximum Gasteiger partial charge on any atom is 0.261 e. The molecule has 1 N–H and O–H groups in total. The monoisotopic (exact) mass is 477 g/mol. The van der Waals surface area contributed by atoms with Crippen molar-refractivity contribution in [2.45, 2.75) is 115 Å². The fourth-order valence-electron chi connectivity index (χ4n) is 6.00. The molecule has 1 saturated carbocycles. The third-order valence-corrected chi connectivity index (χ3v) is 7.95. The Morgan fingerprint density at radius 1 is 0.857 bits per heavy atom. The number of nitrogens with one attached hydrogen (secondary N) is 1. The second kappa shape index (κ2) is 12.5. The standard InChI is InChI=1S/C28H40BN3O3/c1-20-30-23-17-13-16-22(26(23)28(35)32(20)24-18-19-25(33)31-27(24)34)29-21-14-11-9-7-5-3-2-4-6-8-10-12-15-21/h13,16-17,21,24,29H,2-12,14-15,18-19H2,1H3,(H,31,33,34)/t24-/m0/s1. The Bertz CT molecular complexity index is 1080. The highest BCUT2D eigenvalue weighted by Gasteiger charge is 2.31. The van der Waals surface area contributed by atoms with Gasteiger partial charge in [0.05, 0.1) is 10.9 Å². The number of rotatable bonds is 3. The average Bonchev–Trinajstić information content (AvgIpc) is 2.82. The number of carbonyl (C=O) groups is 2. The molecule has 1 aliphatic carbocycles. The molecular formula is C28H40BN3O3. The highest BCUT2D eigenvalue weighted by Crippen LogP contribution is 2.25. The summed E-state index contributed by atoms with van der Waals surface area (Å²) in [5.74, 6) is 0.400. The molecule has 0 radical (unpaired) electrons. The van der Waals surface area contributed by atoms with Crippen molar-refractivity contribution in [2.75, 3.05) is 0 Å². The van der Waals surface area contributed by atoms with Crippen molar-refractivity contribution in [1.82, 2.24) is 14.9 Å². The number of carbonyl (C=O) groups excluding carboxylic acids is 2. The van der Waals surface area contributed by atoms with Crippen LogP contribution in [0.25, 0.3) is 10.9 Å². The first-order valence-electron chi connectivity index (χ1n) is 13.9. The van der Waals surface area contributed by atoms with Crippen molar-refractivity contribution in [2.24, 2.45) is 0 Å². The normalized spacial score (nSPS) is 21.9. The van der Waals surface area contributed by atoms with Crippen LogP contribution in [-0.2, 0) is 9.59 Å². The van der Waals surface area contributed by atoms with Gasteiger partial charge in [0.15, 0.2) is 7.28 Å². The van der Waals surface area contributed by atoms with Crippen LogP contribution in [0.3, 0.4) is 0 Å². The minimum absolute atomic E-state index is 0.154. The van der Waals surface area contributed by atoms with Crippen LogP contribution in [0.4, 0.5) is 0 Å². The zero-order chi connectivity index (χ0) is 24.6. The van der Waals surface area contributed by atoms with Gasteiger partial charge in [-0.3, -0.25) is 24.3 Å². The Morgan fingerprint density at radius 2 is 1.46 bits per heavy atom. The molecule has 1 aromatic carbocycles. The molecule has 2 amide bonds. The van der Waals surface area contributed by atoms with Crippen molar-refractivity contribution >= 4 is 35.5 Å². The third kappa shape index (κ3) is 6.62. The predicted octanol–water partition coefficient (Wildman–Crippen LogP) is 4.62. The van der Waals surface area contributed by atoms with Gasteiger partial charge in [-0.05, 0) is 19.4 Å². The fraction of sp³-hybridized carbons (Fsp3) is 0.643. The van der Waals surface area contributed by atoms with Crippen molar-refractivity contribution in [3.8, 4) is 0 Å². The lowest BCUT2D eigenvalue weighted by atomic mass is 9.55. The summed E-state index contributed by atoms with van der Waals surface area (Å²) in [7, 11) is 0.882. The van der Waals surface area contributed by atoms with Gasteiger partial charge in [-0.1, -0.05) is 107 Å². The molecule has 2 heterocycles. The Balaban J connectivity index is 1.59. The Morgan fingerprint density at radius 3 is 2.06 bits per heavy atom. The number of piperidine rings is 1. The van der Waals surface area contributed by atoms with Crippen molar-refractivity contribution < 1.29 is 9.59 Å². The second-order valence-electron chi connectivity index (χ2n) is 10.6. The largest absolute Gasteiger partial charge is 0.295 e. The molecule has 1 atom stereocenters. The molecule has 0 unspecified atom stereocenters. The Kier molecular flexibility index (Phi) is 9.16. The summed E-state index contributed by atoms with van der Waals surface area (Å²) in [6, 6.07) is 5.29. The quantitative estimate of drug-likeness (QED) is 0.517. The van der Waals surface area contributed by atoms with Gasteiger partial charge in [0.25, 0.3) is 5.56 Å². The van der Waals surface area contributed by atoms with Gasteiger partial charge in [-0.25, -0.2) is 4.98 Å².